The van der Waals surface area contributed by atoms with Gasteiger partial charge in [0.05, 0.1) is 5.69 Å². The molecule has 3 nitrogen and oxygen atoms in total. The number of aromatic amines is 1. The van der Waals surface area contributed by atoms with E-state index < -0.39 is 0 Å². The van der Waals surface area contributed by atoms with Gasteiger partial charge in [-0.2, -0.15) is 0 Å². The third kappa shape index (κ3) is 1.38. The molecule has 1 aromatic heterocycles. The van der Waals surface area contributed by atoms with Gasteiger partial charge >= 0.3 is 0 Å². The summed E-state index contributed by atoms with van der Waals surface area (Å²) in [5.41, 5.74) is 7.58. The molecule has 0 amide bonds. The van der Waals surface area contributed by atoms with Crippen molar-refractivity contribution < 1.29 is 0 Å². The van der Waals surface area contributed by atoms with Crippen LogP contribution in [0.1, 0.15) is 24.4 Å². The predicted molar refractivity (Wildman–Crippen MR) is 43.6 cm³/mol. The van der Waals surface area contributed by atoms with E-state index in [0.717, 1.165) is 16.1 Å². The number of nitrogens with one attached hydrogen (secondary N) is 1. The van der Waals surface area contributed by atoms with Crippen LogP contribution in [0.25, 0.3) is 0 Å². The van der Waals surface area contributed by atoms with E-state index in [-0.39, 0.29) is 6.04 Å². The van der Waals surface area contributed by atoms with Gasteiger partial charge in [0, 0.05) is 11.7 Å². The zero-order valence-electron chi connectivity index (χ0n) is 5.98. The van der Waals surface area contributed by atoms with E-state index in [1.54, 1.807) is 0 Å². The molecule has 1 atom stereocenters. The maximum absolute atomic E-state index is 5.62. The number of aromatic nitrogens is 2. The SMILES string of the molecule is Cc1[nH]c(Br)nc1C(C)N. The minimum absolute atomic E-state index is 0.00236. The molecular weight excluding hydrogens is 194 g/mol. The molecule has 0 bridgehead atoms. The summed E-state index contributed by atoms with van der Waals surface area (Å²) in [6.45, 7) is 3.87. The van der Waals surface area contributed by atoms with Crippen molar-refractivity contribution in [3.63, 3.8) is 0 Å². The second-order valence-electron chi connectivity index (χ2n) is 2.33. The number of H-pyrrole nitrogens is 1. The summed E-state index contributed by atoms with van der Waals surface area (Å²) in [4.78, 5) is 7.16. The van der Waals surface area contributed by atoms with E-state index >= 15 is 0 Å². The molecule has 0 spiro atoms. The first-order chi connectivity index (χ1) is 4.61. The Bertz CT molecular complexity index is 229. The number of hydrogen-bond acceptors (Lipinski definition) is 2. The Balaban J connectivity index is 3.03. The van der Waals surface area contributed by atoms with E-state index in [2.05, 4.69) is 25.9 Å². The molecule has 3 N–H and O–H groups in total. The Kier molecular flexibility index (Phi) is 2.11. The van der Waals surface area contributed by atoms with E-state index in [9.17, 15) is 0 Å². The van der Waals surface area contributed by atoms with Crippen LogP contribution in [0.3, 0.4) is 0 Å². The smallest absolute Gasteiger partial charge is 0.174 e. The molecule has 0 aliphatic rings. The van der Waals surface area contributed by atoms with Crippen molar-refractivity contribution in [2.75, 3.05) is 0 Å². The molecule has 56 valence electrons. The molecular formula is C6H10BrN3. The van der Waals surface area contributed by atoms with Gasteiger partial charge in [0.15, 0.2) is 4.73 Å². The molecule has 10 heavy (non-hydrogen) atoms. The summed E-state index contributed by atoms with van der Waals surface area (Å²) < 4.78 is 0.748. The lowest BCUT2D eigenvalue weighted by Gasteiger charge is -1.99. The molecule has 1 aromatic rings. The van der Waals surface area contributed by atoms with Crippen molar-refractivity contribution in [1.82, 2.24) is 9.97 Å². The van der Waals surface area contributed by atoms with Crippen molar-refractivity contribution in [2.45, 2.75) is 19.9 Å². The molecule has 0 aliphatic carbocycles. The summed E-state index contributed by atoms with van der Waals surface area (Å²) in [6, 6.07) is 0.00236. The summed E-state index contributed by atoms with van der Waals surface area (Å²) in [5, 5.41) is 0. The lowest BCUT2D eigenvalue weighted by Crippen LogP contribution is -2.06. The minimum Gasteiger partial charge on any atom is -0.336 e. The molecule has 0 aromatic carbocycles. The van der Waals surface area contributed by atoms with Crippen LogP contribution in [-0.2, 0) is 0 Å². The molecule has 1 unspecified atom stereocenters. The van der Waals surface area contributed by atoms with Gasteiger partial charge in [-0.1, -0.05) is 0 Å². The van der Waals surface area contributed by atoms with Crippen molar-refractivity contribution in [2.24, 2.45) is 5.73 Å². The first-order valence-corrected chi connectivity index (χ1v) is 3.88. The number of aryl methyl sites for hydroxylation is 1. The summed E-state index contributed by atoms with van der Waals surface area (Å²) in [5.74, 6) is 0. The Labute approximate surface area is 68.2 Å². The van der Waals surface area contributed by atoms with E-state index in [0.29, 0.717) is 0 Å². The van der Waals surface area contributed by atoms with E-state index in [4.69, 9.17) is 5.73 Å². The summed E-state index contributed by atoms with van der Waals surface area (Å²) >= 11 is 3.23. The van der Waals surface area contributed by atoms with Gasteiger partial charge in [-0.25, -0.2) is 4.98 Å². The van der Waals surface area contributed by atoms with Gasteiger partial charge in [0.2, 0.25) is 0 Å². The number of halogens is 1. The van der Waals surface area contributed by atoms with Crippen LogP contribution in [-0.4, -0.2) is 9.97 Å². The van der Waals surface area contributed by atoms with Crippen LogP contribution < -0.4 is 5.73 Å². The van der Waals surface area contributed by atoms with Crippen LogP contribution in [0.2, 0.25) is 0 Å². The zero-order valence-corrected chi connectivity index (χ0v) is 7.57. The molecule has 0 radical (unpaired) electrons. The molecule has 0 saturated heterocycles. The Morgan fingerprint density at radius 1 is 1.70 bits per heavy atom. The third-order valence-corrected chi connectivity index (χ3v) is 1.70. The highest BCUT2D eigenvalue weighted by molar-refractivity contribution is 9.10. The molecule has 4 heteroatoms. The van der Waals surface area contributed by atoms with Crippen LogP contribution >= 0.6 is 15.9 Å². The van der Waals surface area contributed by atoms with Gasteiger partial charge in [-0.3, -0.25) is 0 Å². The average Bonchev–Trinajstić information content (AvgIpc) is 2.10. The van der Waals surface area contributed by atoms with Crippen molar-refractivity contribution in [3.05, 3.63) is 16.1 Å². The Hall–Kier alpha value is -0.350. The topological polar surface area (TPSA) is 54.7 Å². The van der Waals surface area contributed by atoms with Gasteiger partial charge in [-0.05, 0) is 29.8 Å². The largest absolute Gasteiger partial charge is 0.336 e. The normalized spacial score (nSPS) is 13.6. The molecule has 0 fully saturated rings. The van der Waals surface area contributed by atoms with Gasteiger partial charge in [-0.15, -0.1) is 0 Å². The number of nitrogens with zero attached hydrogens (tertiary/aromatic N) is 1. The fourth-order valence-electron chi connectivity index (χ4n) is 0.880. The number of rotatable bonds is 1. The van der Waals surface area contributed by atoms with Gasteiger partial charge < -0.3 is 10.7 Å². The number of imidazole rings is 1. The number of nitrogens with two attached hydrogens (primary N) is 1. The zero-order chi connectivity index (χ0) is 7.72. The fraction of sp³-hybridized carbons (Fsp3) is 0.500. The molecule has 0 saturated carbocycles. The van der Waals surface area contributed by atoms with Crippen molar-refractivity contribution >= 4 is 15.9 Å². The predicted octanol–water partition coefficient (Wildman–Crippen LogP) is 1.50. The second kappa shape index (κ2) is 2.72. The first-order valence-electron chi connectivity index (χ1n) is 3.09. The van der Waals surface area contributed by atoms with E-state index in [1.165, 1.54) is 0 Å². The standard InChI is InChI=1S/C6H10BrN3/c1-3(8)5-4(2)9-6(7)10-5/h3H,8H2,1-2H3,(H,9,10). The second-order valence-corrected chi connectivity index (χ2v) is 3.08. The van der Waals surface area contributed by atoms with Gasteiger partial charge in [0.25, 0.3) is 0 Å². The Morgan fingerprint density at radius 3 is 2.50 bits per heavy atom. The van der Waals surface area contributed by atoms with Crippen LogP contribution in [0.4, 0.5) is 0 Å². The fourth-order valence-corrected chi connectivity index (χ4v) is 1.37. The maximum Gasteiger partial charge on any atom is 0.174 e. The third-order valence-electron chi connectivity index (χ3n) is 1.32. The van der Waals surface area contributed by atoms with Crippen LogP contribution in [0.5, 0.6) is 0 Å². The minimum atomic E-state index is 0.00236. The molecule has 1 heterocycles. The molecule has 0 aliphatic heterocycles. The highest BCUT2D eigenvalue weighted by Gasteiger charge is 2.07. The van der Waals surface area contributed by atoms with Crippen molar-refractivity contribution in [1.29, 1.82) is 0 Å². The van der Waals surface area contributed by atoms with Gasteiger partial charge in [0.1, 0.15) is 0 Å². The quantitative estimate of drug-likeness (QED) is 0.728. The Morgan fingerprint density at radius 2 is 2.30 bits per heavy atom. The summed E-state index contributed by atoms with van der Waals surface area (Å²) in [7, 11) is 0. The van der Waals surface area contributed by atoms with Crippen molar-refractivity contribution in [3.8, 4) is 0 Å². The monoisotopic (exact) mass is 203 g/mol. The maximum atomic E-state index is 5.62. The highest BCUT2D eigenvalue weighted by atomic mass is 79.9. The highest BCUT2D eigenvalue weighted by Crippen LogP contribution is 2.14. The number of hydrogen-bond donors (Lipinski definition) is 2. The van der Waals surface area contributed by atoms with Crippen LogP contribution in [0, 0.1) is 6.92 Å². The average molecular weight is 204 g/mol. The first kappa shape index (κ1) is 7.75. The lowest BCUT2D eigenvalue weighted by atomic mass is 10.2. The molecule has 1 rings (SSSR count). The summed E-state index contributed by atoms with van der Waals surface area (Å²) in [6.07, 6.45) is 0. The lowest BCUT2D eigenvalue weighted by molar-refractivity contribution is 0.779. The van der Waals surface area contributed by atoms with Crippen LogP contribution in [0.15, 0.2) is 4.73 Å². The van der Waals surface area contributed by atoms with E-state index in [1.807, 2.05) is 13.8 Å².